The third-order valence-corrected chi connectivity index (χ3v) is 2.17. The Morgan fingerprint density at radius 3 is 2.40 bits per heavy atom. The van der Waals surface area contributed by atoms with E-state index in [2.05, 4.69) is 15.2 Å². The predicted octanol–water partition coefficient (Wildman–Crippen LogP) is -1.27. The van der Waals surface area contributed by atoms with Gasteiger partial charge in [-0.05, 0) is 6.92 Å². The smallest absolute Gasteiger partial charge is 0.278 e. The number of aromatic nitrogens is 5. The summed E-state index contributed by atoms with van der Waals surface area (Å²) in [5.74, 6) is 0.401. The van der Waals surface area contributed by atoms with E-state index in [0.29, 0.717) is 5.82 Å². The summed E-state index contributed by atoms with van der Waals surface area (Å²) in [6.07, 6.45) is 0. The molecule has 7 heteroatoms. The van der Waals surface area contributed by atoms with Gasteiger partial charge in [-0.25, -0.2) is 9.78 Å². The largest absolute Gasteiger partial charge is 0.332 e. The van der Waals surface area contributed by atoms with Crippen LogP contribution in [-0.4, -0.2) is 24.3 Å². The number of aryl methyl sites for hydroxylation is 2. The SMILES string of the molecule is Cc1nnc2c(n1)c(=O)n(C)c(=O)n2C. The van der Waals surface area contributed by atoms with Crippen LogP contribution in [-0.2, 0) is 14.1 Å². The van der Waals surface area contributed by atoms with Crippen LogP contribution in [0.2, 0.25) is 0 Å². The van der Waals surface area contributed by atoms with Crippen LogP contribution in [0, 0.1) is 6.92 Å². The molecule has 0 aliphatic rings. The van der Waals surface area contributed by atoms with Crippen molar-refractivity contribution in [2.24, 2.45) is 14.1 Å². The Morgan fingerprint density at radius 1 is 1.07 bits per heavy atom. The normalized spacial score (nSPS) is 10.9. The number of nitrogens with zero attached hydrogens (tertiary/aromatic N) is 5. The highest BCUT2D eigenvalue weighted by molar-refractivity contribution is 5.67. The van der Waals surface area contributed by atoms with E-state index in [1.165, 1.54) is 18.7 Å². The minimum atomic E-state index is -0.453. The Labute approximate surface area is 84.0 Å². The molecule has 2 aromatic rings. The molecule has 2 aromatic heterocycles. The van der Waals surface area contributed by atoms with Crippen molar-refractivity contribution in [1.29, 1.82) is 0 Å². The Morgan fingerprint density at radius 2 is 1.73 bits per heavy atom. The molecule has 7 nitrogen and oxygen atoms in total. The van der Waals surface area contributed by atoms with Crippen molar-refractivity contribution >= 4 is 11.2 Å². The Balaban J connectivity index is 3.15. The van der Waals surface area contributed by atoms with Crippen LogP contribution < -0.4 is 11.2 Å². The molecule has 0 bridgehead atoms. The first-order chi connectivity index (χ1) is 7.02. The van der Waals surface area contributed by atoms with E-state index in [9.17, 15) is 9.59 Å². The molecule has 0 amide bonds. The topological polar surface area (TPSA) is 82.7 Å². The molecular formula is C8H9N5O2. The second-order valence-electron chi connectivity index (χ2n) is 3.24. The molecule has 0 saturated heterocycles. The minimum absolute atomic E-state index is 0.159. The molecule has 0 saturated carbocycles. The van der Waals surface area contributed by atoms with E-state index < -0.39 is 11.2 Å². The van der Waals surface area contributed by atoms with Crippen LogP contribution in [0.3, 0.4) is 0 Å². The summed E-state index contributed by atoms with van der Waals surface area (Å²) in [5, 5.41) is 7.49. The molecule has 0 unspecified atom stereocenters. The Kier molecular flexibility index (Phi) is 1.88. The molecule has 0 atom stereocenters. The van der Waals surface area contributed by atoms with Gasteiger partial charge in [0.1, 0.15) is 5.82 Å². The number of rotatable bonds is 0. The van der Waals surface area contributed by atoms with Gasteiger partial charge in [-0.15, -0.1) is 10.2 Å². The van der Waals surface area contributed by atoms with Crippen molar-refractivity contribution in [1.82, 2.24) is 24.3 Å². The maximum Gasteiger partial charge on any atom is 0.332 e. The van der Waals surface area contributed by atoms with Gasteiger partial charge in [0.05, 0.1) is 0 Å². The average Bonchev–Trinajstić information content (AvgIpc) is 2.23. The zero-order valence-electron chi connectivity index (χ0n) is 8.55. The fraction of sp³-hybridized carbons (Fsp3) is 0.375. The Hall–Kier alpha value is -2.05. The van der Waals surface area contributed by atoms with Crippen molar-refractivity contribution in [2.45, 2.75) is 6.92 Å². The van der Waals surface area contributed by atoms with Crippen molar-refractivity contribution in [2.75, 3.05) is 0 Å². The van der Waals surface area contributed by atoms with Gasteiger partial charge in [-0.2, -0.15) is 0 Å². The molecule has 0 N–H and O–H groups in total. The van der Waals surface area contributed by atoms with Gasteiger partial charge in [0.2, 0.25) is 0 Å². The summed E-state index contributed by atoms with van der Waals surface area (Å²) >= 11 is 0. The van der Waals surface area contributed by atoms with Crippen molar-refractivity contribution in [3.63, 3.8) is 0 Å². The average molecular weight is 207 g/mol. The lowest BCUT2D eigenvalue weighted by atomic mass is 10.5. The van der Waals surface area contributed by atoms with Gasteiger partial charge < -0.3 is 0 Å². The summed E-state index contributed by atoms with van der Waals surface area (Å²) in [6, 6.07) is 0. The van der Waals surface area contributed by atoms with Gasteiger partial charge in [-0.3, -0.25) is 13.9 Å². The van der Waals surface area contributed by atoms with Crippen molar-refractivity contribution in [3.05, 3.63) is 26.7 Å². The highest BCUT2D eigenvalue weighted by Crippen LogP contribution is 1.97. The van der Waals surface area contributed by atoms with Gasteiger partial charge in [-0.1, -0.05) is 0 Å². The summed E-state index contributed by atoms with van der Waals surface area (Å²) < 4.78 is 2.24. The second kappa shape index (κ2) is 2.97. The maximum absolute atomic E-state index is 11.7. The second-order valence-corrected chi connectivity index (χ2v) is 3.24. The zero-order chi connectivity index (χ0) is 11.2. The molecule has 0 spiro atoms. The van der Waals surface area contributed by atoms with E-state index in [1.807, 2.05) is 0 Å². The summed E-state index contributed by atoms with van der Waals surface area (Å²) in [4.78, 5) is 27.2. The highest BCUT2D eigenvalue weighted by Gasteiger charge is 2.10. The van der Waals surface area contributed by atoms with Gasteiger partial charge in [0.25, 0.3) is 5.56 Å². The van der Waals surface area contributed by atoms with Crippen LogP contribution in [0.25, 0.3) is 11.2 Å². The van der Waals surface area contributed by atoms with Crippen molar-refractivity contribution in [3.8, 4) is 0 Å². The van der Waals surface area contributed by atoms with Crippen molar-refractivity contribution < 1.29 is 0 Å². The lowest BCUT2D eigenvalue weighted by Gasteiger charge is -2.04. The van der Waals surface area contributed by atoms with E-state index >= 15 is 0 Å². The van der Waals surface area contributed by atoms with Crippen LogP contribution >= 0.6 is 0 Å². The number of fused-ring (bicyclic) bond motifs is 1. The van der Waals surface area contributed by atoms with Gasteiger partial charge in [0.15, 0.2) is 11.2 Å². The summed E-state index contributed by atoms with van der Waals surface area (Å²) in [6.45, 7) is 1.64. The number of hydrogen-bond acceptors (Lipinski definition) is 5. The van der Waals surface area contributed by atoms with E-state index in [1.54, 1.807) is 6.92 Å². The monoisotopic (exact) mass is 207 g/mol. The molecule has 0 aliphatic heterocycles. The van der Waals surface area contributed by atoms with E-state index in [-0.39, 0.29) is 11.2 Å². The molecule has 0 fully saturated rings. The molecule has 78 valence electrons. The fourth-order valence-electron chi connectivity index (χ4n) is 1.33. The van der Waals surface area contributed by atoms with E-state index in [0.717, 1.165) is 4.57 Å². The quantitative estimate of drug-likeness (QED) is 0.538. The molecular weight excluding hydrogens is 198 g/mol. The van der Waals surface area contributed by atoms with Crippen LogP contribution in [0.1, 0.15) is 5.82 Å². The predicted molar refractivity (Wildman–Crippen MR) is 52.6 cm³/mol. The highest BCUT2D eigenvalue weighted by atomic mass is 16.2. The van der Waals surface area contributed by atoms with Crippen LogP contribution in [0.5, 0.6) is 0 Å². The third kappa shape index (κ3) is 1.24. The summed E-state index contributed by atoms with van der Waals surface area (Å²) in [5.41, 5.74) is -0.528. The molecule has 15 heavy (non-hydrogen) atoms. The van der Waals surface area contributed by atoms with Gasteiger partial charge >= 0.3 is 5.69 Å². The molecule has 0 aromatic carbocycles. The van der Waals surface area contributed by atoms with Gasteiger partial charge in [0, 0.05) is 14.1 Å². The lowest BCUT2D eigenvalue weighted by Crippen LogP contribution is -2.38. The molecule has 2 rings (SSSR count). The third-order valence-electron chi connectivity index (χ3n) is 2.17. The lowest BCUT2D eigenvalue weighted by molar-refractivity contribution is 0.695. The zero-order valence-corrected chi connectivity index (χ0v) is 8.55. The Bertz CT molecular complexity index is 654. The summed E-state index contributed by atoms with van der Waals surface area (Å²) in [7, 11) is 2.93. The first-order valence-electron chi connectivity index (χ1n) is 4.29. The molecule has 0 radical (unpaired) electrons. The van der Waals surface area contributed by atoms with Crippen LogP contribution in [0.4, 0.5) is 0 Å². The standard InChI is InChI=1S/C8H9N5O2/c1-4-9-5-6(11-10-4)12(2)8(15)13(3)7(5)14/h1-3H3. The molecule has 0 aliphatic carbocycles. The van der Waals surface area contributed by atoms with Crippen LogP contribution in [0.15, 0.2) is 9.59 Å². The molecule has 2 heterocycles. The van der Waals surface area contributed by atoms with E-state index in [4.69, 9.17) is 0 Å². The fourth-order valence-corrected chi connectivity index (χ4v) is 1.33. The number of hydrogen-bond donors (Lipinski definition) is 0. The first-order valence-corrected chi connectivity index (χ1v) is 4.29. The first kappa shape index (κ1) is 9.50. The maximum atomic E-state index is 11.7. The minimum Gasteiger partial charge on any atom is -0.278 e.